The van der Waals surface area contributed by atoms with Crippen LogP contribution in [0.15, 0.2) is 12.3 Å². The molecule has 3 N–H and O–H groups in total. The van der Waals surface area contributed by atoms with E-state index in [2.05, 4.69) is 30.2 Å². The van der Waals surface area contributed by atoms with Crippen molar-refractivity contribution in [1.29, 1.82) is 5.26 Å². The normalized spacial score (nSPS) is 27.7. The molecular formula is C13H18N4. The highest BCUT2D eigenvalue weighted by molar-refractivity contribution is 5.69. The van der Waals surface area contributed by atoms with Gasteiger partial charge < -0.3 is 11.1 Å². The molecule has 1 saturated carbocycles. The Morgan fingerprint density at radius 2 is 2.24 bits per heavy atom. The maximum absolute atomic E-state index is 8.91. The first-order chi connectivity index (χ1) is 8.13. The van der Waals surface area contributed by atoms with Gasteiger partial charge in [0, 0.05) is 12.2 Å². The molecule has 17 heavy (non-hydrogen) atoms. The molecule has 1 aromatic rings. The topological polar surface area (TPSA) is 74.7 Å². The molecule has 3 unspecified atom stereocenters. The first-order valence-electron chi connectivity index (χ1n) is 6.04. The number of rotatable bonds is 2. The van der Waals surface area contributed by atoms with Crippen molar-refractivity contribution in [1.82, 2.24) is 4.98 Å². The second-order valence-electron chi connectivity index (χ2n) is 4.90. The first-order valence-corrected chi connectivity index (χ1v) is 6.04. The summed E-state index contributed by atoms with van der Waals surface area (Å²) in [6, 6.07) is 4.13. The number of anilines is 2. The minimum Gasteiger partial charge on any atom is -0.395 e. The molecule has 0 aromatic carbocycles. The number of hydrogen-bond acceptors (Lipinski definition) is 4. The molecule has 90 valence electrons. The lowest BCUT2D eigenvalue weighted by atomic mass is 9.98. The van der Waals surface area contributed by atoms with Gasteiger partial charge in [0.05, 0.1) is 11.3 Å². The van der Waals surface area contributed by atoms with Crippen LogP contribution in [0.3, 0.4) is 0 Å². The maximum atomic E-state index is 8.91. The molecule has 0 saturated heterocycles. The first kappa shape index (κ1) is 11.7. The second kappa shape index (κ2) is 4.62. The minimum atomic E-state index is 0.411. The van der Waals surface area contributed by atoms with Gasteiger partial charge in [-0.15, -0.1) is 0 Å². The molecule has 1 aromatic heterocycles. The fraction of sp³-hybridized carbons (Fsp3) is 0.538. The molecule has 0 aliphatic heterocycles. The Labute approximate surface area is 102 Å². The Bertz CT molecular complexity index is 449. The Balaban J connectivity index is 2.17. The quantitative estimate of drug-likeness (QED) is 0.818. The van der Waals surface area contributed by atoms with Crippen LogP contribution in [0.4, 0.5) is 11.5 Å². The number of nitrogens with one attached hydrogen (secondary N) is 1. The molecule has 0 radical (unpaired) electrons. The third-order valence-electron chi connectivity index (χ3n) is 3.90. The van der Waals surface area contributed by atoms with Gasteiger partial charge in [-0.1, -0.05) is 13.8 Å². The highest BCUT2D eigenvalue weighted by Gasteiger charge is 2.30. The maximum Gasteiger partial charge on any atom is 0.150 e. The van der Waals surface area contributed by atoms with Gasteiger partial charge in [-0.25, -0.2) is 4.98 Å². The van der Waals surface area contributed by atoms with Crippen molar-refractivity contribution < 1.29 is 0 Å². The zero-order chi connectivity index (χ0) is 12.4. The van der Waals surface area contributed by atoms with Gasteiger partial charge in [0.1, 0.15) is 6.07 Å². The van der Waals surface area contributed by atoms with Crippen molar-refractivity contribution in [3.63, 3.8) is 0 Å². The number of hydrogen-bond donors (Lipinski definition) is 2. The smallest absolute Gasteiger partial charge is 0.150 e. The molecule has 4 heteroatoms. The number of aromatic nitrogens is 1. The van der Waals surface area contributed by atoms with Gasteiger partial charge in [-0.2, -0.15) is 5.26 Å². The second-order valence-corrected chi connectivity index (χ2v) is 4.90. The van der Waals surface area contributed by atoms with Gasteiger partial charge in [0.2, 0.25) is 0 Å². The van der Waals surface area contributed by atoms with Crippen molar-refractivity contribution in [2.24, 2.45) is 11.8 Å². The summed E-state index contributed by atoms with van der Waals surface area (Å²) in [5.41, 5.74) is 6.85. The van der Waals surface area contributed by atoms with E-state index >= 15 is 0 Å². The van der Waals surface area contributed by atoms with Crippen LogP contribution in [-0.2, 0) is 0 Å². The Morgan fingerprint density at radius 1 is 1.47 bits per heavy atom. The highest BCUT2D eigenvalue weighted by atomic mass is 15.0. The van der Waals surface area contributed by atoms with E-state index in [0.29, 0.717) is 29.0 Å². The Hall–Kier alpha value is -1.76. The predicted molar refractivity (Wildman–Crippen MR) is 68.3 cm³/mol. The summed E-state index contributed by atoms with van der Waals surface area (Å²) in [5.74, 6) is 1.99. The Kier molecular flexibility index (Phi) is 3.19. The average Bonchev–Trinajstić information content (AvgIpc) is 2.64. The molecule has 0 amide bonds. The molecule has 2 rings (SSSR count). The molecule has 1 aliphatic rings. The van der Waals surface area contributed by atoms with E-state index in [1.54, 1.807) is 12.3 Å². The van der Waals surface area contributed by atoms with Gasteiger partial charge in [-0.3, -0.25) is 0 Å². The van der Waals surface area contributed by atoms with E-state index < -0.39 is 0 Å². The summed E-state index contributed by atoms with van der Waals surface area (Å²) in [7, 11) is 0. The third kappa shape index (κ3) is 2.19. The largest absolute Gasteiger partial charge is 0.395 e. The van der Waals surface area contributed by atoms with Crippen molar-refractivity contribution in [3.05, 3.63) is 17.8 Å². The number of pyridine rings is 1. The zero-order valence-corrected chi connectivity index (χ0v) is 10.3. The fourth-order valence-corrected chi connectivity index (χ4v) is 2.43. The van der Waals surface area contributed by atoms with Crippen LogP contribution < -0.4 is 11.1 Å². The van der Waals surface area contributed by atoms with Crippen molar-refractivity contribution in [2.45, 2.75) is 32.7 Å². The SMILES string of the molecule is CC1CCC(Nc2nccc(C#N)c2N)C1C. The van der Waals surface area contributed by atoms with Crippen molar-refractivity contribution >= 4 is 11.5 Å². The third-order valence-corrected chi connectivity index (χ3v) is 3.90. The van der Waals surface area contributed by atoms with Crippen LogP contribution in [0, 0.1) is 23.2 Å². The van der Waals surface area contributed by atoms with Crippen LogP contribution in [0.2, 0.25) is 0 Å². The summed E-state index contributed by atoms with van der Waals surface area (Å²) >= 11 is 0. The van der Waals surface area contributed by atoms with Crippen LogP contribution in [-0.4, -0.2) is 11.0 Å². The van der Waals surface area contributed by atoms with Crippen LogP contribution >= 0.6 is 0 Å². The average molecular weight is 230 g/mol. The molecular weight excluding hydrogens is 212 g/mol. The molecule has 1 aliphatic carbocycles. The van der Waals surface area contributed by atoms with Crippen molar-refractivity contribution in [2.75, 3.05) is 11.1 Å². The van der Waals surface area contributed by atoms with E-state index in [0.717, 1.165) is 12.3 Å². The lowest BCUT2D eigenvalue weighted by Gasteiger charge is -2.21. The summed E-state index contributed by atoms with van der Waals surface area (Å²) in [4.78, 5) is 4.22. The molecule has 0 spiro atoms. The Morgan fingerprint density at radius 3 is 2.82 bits per heavy atom. The van der Waals surface area contributed by atoms with Crippen LogP contribution in [0.5, 0.6) is 0 Å². The van der Waals surface area contributed by atoms with Gasteiger partial charge >= 0.3 is 0 Å². The summed E-state index contributed by atoms with van der Waals surface area (Å²) in [6.07, 6.45) is 4.00. The predicted octanol–water partition coefficient (Wildman–Crippen LogP) is 2.38. The van der Waals surface area contributed by atoms with E-state index in [1.807, 2.05) is 0 Å². The minimum absolute atomic E-state index is 0.411. The van der Waals surface area contributed by atoms with Gasteiger partial charge in [0.15, 0.2) is 5.82 Å². The van der Waals surface area contributed by atoms with E-state index in [1.165, 1.54) is 6.42 Å². The number of nitrogen functional groups attached to an aromatic ring is 1. The number of nitriles is 1. The zero-order valence-electron chi connectivity index (χ0n) is 10.3. The monoisotopic (exact) mass is 230 g/mol. The summed E-state index contributed by atoms with van der Waals surface area (Å²) in [6.45, 7) is 4.52. The van der Waals surface area contributed by atoms with Crippen LogP contribution in [0.25, 0.3) is 0 Å². The van der Waals surface area contributed by atoms with Crippen LogP contribution in [0.1, 0.15) is 32.3 Å². The molecule has 4 nitrogen and oxygen atoms in total. The number of nitrogens with two attached hydrogens (primary N) is 1. The van der Waals surface area contributed by atoms with E-state index in [4.69, 9.17) is 11.0 Å². The van der Waals surface area contributed by atoms with Gasteiger partial charge in [-0.05, 0) is 30.7 Å². The highest BCUT2D eigenvalue weighted by Crippen LogP contribution is 2.34. The molecule has 0 bridgehead atoms. The van der Waals surface area contributed by atoms with E-state index in [9.17, 15) is 0 Å². The summed E-state index contributed by atoms with van der Waals surface area (Å²) < 4.78 is 0. The molecule has 3 atom stereocenters. The lowest BCUT2D eigenvalue weighted by molar-refractivity contribution is 0.435. The number of nitrogens with zero attached hydrogens (tertiary/aromatic N) is 2. The molecule has 1 fully saturated rings. The van der Waals surface area contributed by atoms with Gasteiger partial charge in [0.25, 0.3) is 0 Å². The van der Waals surface area contributed by atoms with Crippen molar-refractivity contribution in [3.8, 4) is 6.07 Å². The molecule has 1 heterocycles. The van der Waals surface area contributed by atoms with E-state index in [-0.39, 0.29) is 0 Å². The summed E-state index contributed by atoms with van der Waals surface area (Å²) in [5, 5.41) is 12.3. The fourth-order valence-electron chi connectivity index (χ4n) is 2.43. The standard InChI is InChI=1S/C13H18N4/c1-8-3-4-11(9(8)2)17-13-12(15)10(7-14)5-6-16-13/h5-6,8-9,11H,3-4,15H2,1-2H3,(H,16,17). The lowest BCUT2D eigenvalue weighted by Crippen LogP contribution is -2.25.